The van der Waals surface area contributed by atoms with Gasteiger partial charge in [-0.15, -0.1) is 0 Å². The van der Waals surface area contributed by atoms with Crippen LogP contribution >= 0.6 is 0 Å². The summed E-state index contributed by atoms with van der Waals surface area (Å²) >= 11 is 0. The molecule has 5 nitrogen and oxygen atoms in total. The van der Waals surface area contributed by atoms with E-state index in [-0.39, 0.29) is 5.91 Å². The van der Waals surface area contributed by atoms with Gasteiger partial charge in [0.25, 0.3) is 5.91 Å². The van der Waals surface area contributed by atoms with Gasteiger partial charge in [-0.2, -0.15) is 0 Å². The SMILES string of the molecule is COc1ccc(CCNC(=O)c2ccccc2Oc2ccccc2)cc1OC. The first kappa shape index (κ1) is 19.3. The van der Waals surface area contributed by atoms with Gasteiger partial charge in [0.15, 0.2) is 11.5 Å². The van der Waals surface area contributed by atoms with Gasteiger partial charge >= 0.3 is 0 Å². The summed E-state index contributed by atoms with van der Waals surface area (Å²) in [4.78, 5) is 12.6. The van der Waals surface area contributed by atoms with Gasteiger partial charge in [-0.05, 0) is 48.4 Å². The predicted octanol–water partition coefficient (Wildman–Crippen LogP) is 4.47. The Morgan fingerprint density at radius 2 is 1.54 bits per heavy atom. The van der Waals surface area contributed by atoms with Crippen molar-refractivity contribution < 1.29 is 19.0 Å². The van der Waals surface area contributed by atoms with Crippen LogP contribution in [-0.2, 0) is 6.42 Å². The van der Waals surface area contributed by atoms with Gasteiger partial charge in [0.2, 0.25) is 0 Å². The Balaban J connectivity index is 1.63. The molecule has 3 rings (SSSR count). The van der Waals surface area contributed by atoms with Crippen LogP contribution in [0.3, 0.4) is 0 Å². The van der Waals surface area contributed by atoms with Crippen LogP contribution in [-0.4, -0.2) is 26.7 Å². The van der Waals surface area contributed by atoms with Crippen LogP contribution in [0.4, 0.5) is 0 Å². The number of para-hydroxylation sites is 2. The van der Waals surface area contributed by atoms with Crippen LogP contribution < -0.4 is 19.5 Å². The number of carbonyl (C=O) groups is 1. The van der Waals surface area contributed by atoms with Gasteiger partial charge < -0.3 is 19.5 Å². The molecule has 0 spiro atoms. The number of carbonyl (C=O) groups excluding carboxylic acids is 1. The van der Waals surface area contributed by atoms with Gasteiger partial charge in [-0.25, -0.2) is 0 Å². The average Bonchev–Trinajstić information content (AvgIpc) is 2.74. The minimum absolute atomic E-state index is 0.174. The third-order valence-corrected chi connectivity index (χ3v) is 4.25. The molecule has 0 radical (unpaired) electrons. The fraction of sp³-hybridized carbons (Fsp3) is 0.174. The van der Waals surface area contributed by atoms with Crippen LogP contribution in [0.5, 0.6) is 23.0 Å². The lowest BCUT2D eigenvalue weighted by atomic mass is 10.1. The van der Waals surface area contributed by atoms with Crippen molar-refractivity contribution in [2.45, 2.75) is 6.42 Å². The van der Waals surface area contributed by atoms with Crippen LogP contribution in [0.2, 0.25) is 0 Å². The maximum absolute atomic E-state index is 12.6. The van der Waals surface area contributed by atoms with E-state index in [9.17, 15) is 4.79 Å². The lowest BCUT2D eigenvalue weighted by Crippen LogP contribution is -2.26. The number of methoxy groups -OCH3 is 2. The van der Waals surface area contributed by atoms with E-state index in [4.69, 9.17) is 14.2 Å². The molecule has 0 aliphatic carbocycles. The average molecular weight is 377 g/mol. The van der Waals surface area contributed by atoms with Crippen molar-refractivity contribution >= 4 is 5.91 Å². The van der Waals surface area contributed by atoms with Crippen molar-refractivity contribution in [3.63, 3.8) is 0 Å². The van der Waals surface area contributed by atoms with Gasteiger partial charge in [0, 0.05) is 6.54 Å². The molecular weight excluding hydrogens is 354 g/mol. The molecule has 3 aromatic rings. The van der Waals surface area contributed by atoms with E-state index in [1.807, 2.05) is 60.7 Å². The summed E-state index contributed by atoms with van der Waals surface area (Å²) < 4.78 is 16.4. The molecule has 0 bridgehead atoms. The maximum Gasteiger partial charge on any atom is 0.255 e. The number of hydrogen-bond donors (Lipinski definition) is 1. The highest BCUT2D eigenvalue weighted by Gasteiger charge is 2.12. The largest absolute Gasteiger partial charge is 0.493 e. The lowest BCUT2D eigenvalue weighted by Gasteiger charge is -2.12. The molecule has 0 aliphatic heterocycles. The Kier molecular flexibility index (Phi) is 6.52. The second-order valence-electron chi connectivity index (χ2n) is 6.11. The molecule has 0 atom stereocenters. The molecular formula is C23H23NO4. The summed E-state index contributed by atoms with van der Waals surface area (Å²) in [6.45, 7) is 0.494. The molecule has 5 heteroatoms. The first-order valence-corrected chi connectivity index (χ1v) is 9.02. The Morgan fingerprint density at radius 3 is 2.29 bits per heavy atom. The molecule has 144 valence electrons. The Morgan fingerprint density at radius 1 is 0.821 bits per heavy atom. The summed E-state index contributed by atoms with van der Waals surface area (Å²) in [5.41, 5.74) is 1.55. The monoisotopic (exact) mass is 377 g/mol. The summed E-state index contributed by atoms with van der Waals surface area (Å²) in [5, 5.41) is 2.95. The quantitative estimate of drug-likeness (QED) is 0.629. The molecule has 3 aromatic carbocycles. The first-order chi connectivity index (χ1) is 13.7. The van der Waals surface area contributed by atoms with E-state index in [1.54, 1.807) is 26.4 Å². The zero-order valence-corrected chi connectivity index (χ0v) is 16.0. The number of nitrogens with one attached hydrogen (secondary N) is 1. The van der Waals surface area contributed by atoms with Crippen LogP contribution in [0.25, 0.3) is 0 Å². The second-order valence-corrected chi connectivity index (χ2v) is 6.11. The summed E-state index contributed by atoms with van der Waals surface area (Å²) in [5.74, 6) is 2.40. The van der Waals surface area contributed by atoms with E-state index in [1.165, 1.54) is 0 Å². The van der Waals surface area contributed by atoms with Crippen molar-refractivity contribution in [2.24, 2.45) is 0 Å². The topological polar surface area (TPSA) is 56.8 Å². The highest BCUT2D eigenvalue weighted by molar-refractivity contribution is 5.97. The van der Waals surface area contributed by atoms with E-state index < -0.39 is 0 Å². The van der Waals surface area contributed by atoms with Crippen molar-refractivity contribution in [2.75, 3.05) is 20.8 Å². The van der Waals surface area contributed by atoms with E-state index in [0.29, 0.717) is 41.5 Å². The number of benzene rings is 3. The molecule has 0 unspecified atom stereocenters. The molecule has 28 heavy (non-hydrogen) atoms. The minimum Gasteiger partial charge on any atom is -0.493 e. The van der Waals surface area contributed by atoms with Gasteiger partial charge in [-0.3, -0.25) is 4.79 Å². The van der Waals surface area contributed by atoms with Gasteiger partial charge in [0.05, 0.1) is 19.8 Å². The first-order valence-electron chi connectivity index (χ1n) is 9.02. The predicted molar refractivity (Wildman–Crippen MR) is 109 cm³/mol. The molecule has 0 saturated heterocycles. The Hall–Kier alpha value is -3.47. The Bertz CT molecular complexity index is 925. The molecule has 1 amide bonds. The van der Waals surface area contributed by atoms with Crippen LogP contribution in [0, 0.1) is 0 Å². The smallest absolute Gasteiger partial charge is 0.255 e. The van der Waals surface area contributed by atoms with Crippen LogP contribution in [0.1, 0.15) is 15.9 Å². The van der Waals surface area contributed by atoms with E-state index in [2.05, 4.69) is 5.32 Å². The molecule has 0 aromatic heterocycles. The van der Waals surface area contributed by atoms with Crippen molar-refractivity contribution in [1.82, 2.24) is 5.32 Å². The molecule has 0 heterocycles. The van der Waals surface area contributed by atoms with Crippen LogP contribution in [0.15, 0.2) is 72.8 Å². The summed E-state index contributed by atoms with van der Waals surface area (Å²) in [6.07, 6.45) is 0.674. The maximum atomic E-state index is 12.6. The lowest BCUT2D eigenvalue weighted by molar-refractivity contribution is 0.0952. The fourth-order valence-corrected chi connectivity index (χ4v) is 2.81. The van der Waals surface area contributed by atoms with Gasteiger partial charge in [0.1, 0.15) is 11.5 Å². The molecule has 1 N–H and O–H groups in total. The number of rotatable bonds is 8. The zero-order valence-electron chi connectivity index (χ0n) is 16.0. The number of hydrogen-bond acceptors (Lipinski definition) is 4. The van der Waals surface area contributed by atoms with Crippen molar-refractivity contribution in [3.8, 4) is 23.0 Å². The zero-order chi connectivity index (χ0) is 19.8. The summed E-state index contributed by atoms with van der Waals surface area (Å²) in [7, 11) is 3.21. The van der Waals surface area contributed by atoms with Gasteiger partial charge in [-0.1, -0.05) is 36.4 Å². The second kappa shape index (κ2) is 9.46. The molecule has 0 fully saturated rings. The van der Waals surface area contributed by atoms with Crippen molar-refractivity contribution in [1.29, 1.82) is 0 Å². The van der Waals surface area contributed by atoms with E-state index in [0.717, 1.165) is 5.56 Å². The minimum atomic E-state index is -0.174. The Labute approximate surface area is 164 Å². The third kappa shape index (κ3) is 4.82. The molecule has 0 saturated carbocycles. The highest BCUT2D eigenvalue weighted by Crippen LogP contribution is 2.28. The highest BCUT2D eigenvalue weighted by atomic mass is 16.5. The standard InChI is InChI=1S/C23H23NO4/c1-26-21-13-12-17(16-22(21)27-2)14-15-24-23(25)19-10-6-7-11-20(19)28-18-8-4-3-5-9-18/h3-13,16H,14-15H2,1-2H3,(H,24,25). The number of ether oxygens (including phenoxy) is 3. The van der Waals surface area contributed by atoms with Crippen molar-refractivity contribution in [3.05, 3.63) is 83.9 Å². The number of amides is 1. The molecule has 0 aliphatic rings. The normalized spacial score (nSPS) is 10.2. The fourth-order valence-electron chi connectivity index (χ4n) is 2.81. The summed E-state index contributed by atoms with van der Waals surface area (Å²) in [6, 6.07) is 22.3. The third-order valence-electron chi connectivity index (χ3n) is 4.25. The van der Waals surface area contributed by atoms with E-state index >= 15 is 0 Å².